The van der Waals surface area contributed by atoms with Gasteiger partial charge >= 0.3 is 0 Å². The molecule has 3 unspecified atom stereocenters. The molecule has 2 aliphatic rings. The highest BCUT2D eigenvalue weighted by molar-refractivity contribution is 5.27. The molecule has 1 aromatic rings. The van der Waals surface area contributed by atoms with E-state index in [-0.39, 0.29) is 0 Å². The summed E-state index contributed by atoms with van der Waals surface area (Å²) in [5.74, 6) is 1.71. The van der Waals surface area contributed by atoms with Crippen molar-refractivity contribution < 1.29 is 4.74 Å². The van der Waals surface area contributed by atoms with Crippen molar-refractivity contribution in [1.82, 2.24) is 4.90 Å². The minimum absolute atomic E-state index is 0.400. The van der Waals surface area contributed by atoms with Crippen molar-refractivity contribution in [2.45, 2.75) is 44.9 Å². The van der Waals surface area contributed by atoms with Gasteiger partial charge in [-0.15, -0.1) is 0 Å². The lowest BCUT2D eigenvalue weighted by atomic mass is 9.87. The highest BCUT2D eigenvalue weighted by Gasteiger charge is 2.41. The molecule has 104 valence electrons. The first-order valence-electron chi connectivity index (χ1n) is 7.50. The fourth-order valence-electron chi connectivity index (χ4n) is 3.61. The summed E-state index contributed by atoms with van der Waals surface area (Å²) < 4.78 is 6.21. The van der Waals surface area contributed by atoms with E-state index in [4.69, 9.17) is 10.5 Å². The molecule has 3 nitrogen and oxygen atoms in total. The van der Waals surface area contributed by atoms with Crippen LogP contribution in [0, 0.1) is 5.92 Å². The molecule has 2 fully saturated rings. The van der Waals surface area contributed by atoms with E-state index < -0.39 is 0 Å². The van der Waals surface area contributed by atoms with E-state index in [0.29, 0.717) is 18.6 Å². The zero-order chi connectivity index (χ0) is 13.2. The Bertz CT molecular complexity index is 417. The predicted molar refractivity (Wildman–Crippen MR) is 77.1 cm³/mol. The second-order valence-corrected chi connectivity index (χ2v) is 5.82. The maximum Gasteiger partial charge on any atom is 0.119 e. The number of hydrogen-bond acceptors (Lipinski definition) is 3. The van der Waals surface area contributed by atoms with Gasteiger partial charge in [-0.25, -0.2) is 0 Å². The SMILES string of the molecule is CCN1CC2CC1CCC2Oc1ccc(CN)cc1. The Kier molecular flexibility index (Phi) is 3.76. The van der Waals surface area contributed by atoms with Gasteiger partial charge in [-0.3, -0.25) is 0 Å². The summed E-state index contributed by atoms with van der Waals surface area (Å²) in [6, 6.07) is 9.05. The Morgan fingerprint density at radius 1 is 1.26 bits per heavy atom. The molecule has 19 heavy (non-hydrogen) atoms. The van der Waals surface area contributed by atoms with Crippen molar-refractivity contribution >= 4 is 0 Å². The minimum atomic E-state index is 0.400. The average molecular weight is 260 g/mol. The fraction of sp³-hybridized carbons (Fsp3) is 0.625. The molecule has 2 bridgehead atoms. The maximum absolute atomic E-state index is 6.21. The van der Waals surface area contributed by atoms with Crippen LogP contribution in [-0.2, 0) is 6.54 Å². The highest BCUT2D eigenvalue weighted by atomic mass is 16.5. The summed E-state index contributed by atoms with van der Waals surface area (Å²) in [5, 5.41) is 0. The van der Waals surface area contributed by atoms with Crippen LogP contribution in [0.1, 0.15) is 31.7 Å². The van der Waals surface area contributed by atoms with Crippen LogP contribution in [0.5, 0.6) is 5.75 Å². The van der Waals surface area contributed by atoms with Crippen molar-refractivity contribution in [3.05, 3.63) is 29.8 Å². The predicted octanol–water partition coefficient (Wildman–Crippen LogP) is 2.40. The maximum atomic E-state index is 6.21. The molecule has 2 N–H and O–H groups in total. The molecule has 0 aromatic heterocycles. The first-order chi connectivity index (χ1) is 9.30. The first kappa shape index (κ1) is 12.9. The number of hydrogen-bond donors (Lipinski definition) is 1. The largest absolute Gasteiger partial charge is 0.490 e. The summed E-state index contributed by atoms with van der Waals surface area (Å²) in [6.45, 7) is 5.26. The average Bonchev–Trinajstić information content (AvgIpc) is 2.80. The third-order valence-electron chi connectivity index (χ3n) is 4.72. The van der Waals surface area contributed by atoms with Gasteiger partial charge in [0.15, 0.2) is 0 Å². The quantitative estimate of drug-likeness (QED) is 0.903. The van der Waals surface area contributed by atoms with Gasteiger partial charge in [-0.05, 0) is 43.5 Å². The lowest BCUT2D eigenvalue weighted by Gasteiger charge is -2.29. The van der Waals surface area contributed by atoms with Gasteiger partial charge in [0.1, 0.15) is 11.9 Å². The topological polar surface area (TPSA) is 38.5 Å². The second kappa shape index (κ2) is 5.51. The number of likely N-dealkylation sites (tertiary alicyclic amines) is 1. The van der Waals surface area contributed by atoms with Crippen molar-refractivity contribution in [2.75, 3.05) is 13.1 Å². The summed E-state index contributed by atoms with van der Waals surface area (Å²) >= 11 is 0. The lowest BCUT2D eigenvalue weighted by Crippen LogP contribution is -2.31. The molecular weight excluding hydrogens is 236 g/mol. The van der Waals surface area contributed by atoms with Crippen LogP contribution in [-0.4, -0.2) is 30.1 Å². The summed E-state index contributed by atoms with van der Waals surface area (Å²) in [6.07, 6.45) is 4.20. The van der Waals surface area contributed by atoms with Crippen molar-refractivity contribution in [1.29, 1.82) is 0 Å². The minimum Gasteiger partial charge on any atom is -0.490 e. The zero-order valence-electron chi connectivity index (χ0n) is 11.7. The third-order valence-corrected chi connectivity index (χ3v) is 4.72. The van der Waals surface area contributed by atoms with E-state index in [1.54, 1.807) is 0 Å². The molecule has 3 atom stereocenters. The van der Waals surface area contributed by atoms with Gasteiger partial charge < -0.3 is 15.4 Å². The molecule has 0 radical (unpaired) electrons. The van der Waals surface area contributed by atoms with Crippen LogP contribution < -0.4 is 10.5 Å². The van der Waals surface area contributed by atoms with Crippen LogP contribution >= 0.6 is 0 Å². The molecule has 1 saturated heterocycles. The molecule has 3 heteroatoms. The number of rotatable bonds is 4. The van der Waals surface area contributed by atoms with Gasteiger partial charge in [0, 0.05) is 25.0 Å². The van der Waals surface area contributed by atoms with Gasteiger partial charge in [-0.2, -0.15) is 0 Å². The molecule has 1 aromatic carbocycles. The number of ether oxygens (including phenoxy) is 1. The fourth-order valence-corrected chi connectivity index (χ4v) is 3.61. The Morgan fingerprint density at radius 2 is 2.05 bits per heavy atom. The third kappa shape index (κ3) is 2.63. The monoisotopic (exact) mass is 260 g/mol. The summed E-state index contributed by atoms with van der Waals surface area (Å²) in [4.78, 5) is 2.62. The van der Waals surface area contributed by atoms with Crippen LogP contribution in [0.15, 0.2) is 24.3 Å². The Labute approximate surface area is 115 Å². The highest BCUT2D eigenvalue weighted by Crippen LogP contribution is 2.37. The molecule has 1 aliphatic heterocycles. The van der Waals surface area contributed by atoms with Crippen molar-refractivity contribution in [3.8, 4) is 5.75 Å². The van der Waals surface area contributed by atoms with Crippen LogP contribution in [0.3, 0.4) is 0 Å². The van der Waals surface area contributed by atoms with Crippen molar-refractivity contribution in [3.63, 3.8) is 0 Å². The number of nitrogens with two attached hydrogens (primary N) is 1. The molecule has 1 aliphatic carbocycles. The summed E-state index contributed by atoms with van der Waals surface area (Å²) in [7, 11) is 0. The molecule has 3 rings (SSSR count). The standard InChI is InChI=1S/C16H24N2O/c1-2-18-11-13-9-14(18)5-8-16(13)19-15-6-3-12(10-17)4-7-15/h3-4,6-7,13-14,16H,2,5,8-11,17H2,1H3. The van der Waals surface area contributed by atoms with Crippen molar-refractivity contribution in [2.24, 2.45) is 11.7 Å². The van der Waals surface area contributed by atoms with Gasteiger partial charge in [0.2, 0.25) is 0 Å². The van der Waals surface area contributed by atoms with E-state index >= 15 is 0 Å². The Morgan fingerprint density at radius 3 is 2.74 bits per heavy atom. The second-order valence-electron chi connectivity index (χ2n) is 5.82. The smallest absolute Gasteiger partial charge is 0.119 e. The Hall–Kier alpha value is -1.06. The van der Waals surface area contributed by atoms with E-state index in [1.807, 2.05) is 0 Å². The van der Waals surface area contributed by atoms with Crippen LogP contribution in [0.25, 0.3) is 0 Å². The van der Waals surface area contributed by atoms with Gasteiger partial charge in [-0.1, -0.05) is 19.1 Å². The normalized spacial score (nSPS) is 30.5. The number of nitrogens with zero attached hydrogens (tertiary/aromatic N) is 1. The Balaban J connectivity index is 1.64. The van der Waals surface area contributed by atoms with Crippen LogP contribution in [0.4, 0.5) is 0 Å². The molecule has 0 spiro atoms. The number of benzene rings is 1. The van der Waals surface area contributed by atoms with E-state index in [2.05, 4.69) is 36.1 Å². The zero-order valence-corrected chi connectivity index (χ0v) is 11.7. The van der Waals surface area contributed by atoms with Crippen LogP contribution in [0.2, 0.25) is 0 Å². The first-order valence-corrected chi connectivity index (χ1v) is 7.50. The summed E-state index contributed by atoms with van der Waals surface area (Å²) in [5.41, 5.74) is 6.78. The van der Waals surface area contributed by atoms with Gasteiger partial charge in [0.05, 0.1) is 0 Å². The molecule has 1 heterocycles. The molecular formula is C16H24N2O. The van der Waals surface area contributed by atoms with E-state index in [0.717, 1.165) is 17.4 Å². The molecule has 1 saturated carbocycles. The van der Waals surface area contributed by atoms with E-state index in [9.17, 15) is 0 Å². The van der Waals surface area contributed by atoms with E-state index in [1.165, 1.54) is 32.4 Å². The number of fused-ring (bicyclic) bond motifs is 2. The molecule has 0 amide bonds. The van der Waals surface area contributed by atoms with Gasteiger partial charge in [0.25, 0.3) is 0 Å². The lowest BCUT2D eigenvalue weighted by molar-refractivity contribution is 0.113.